The smallest absolute Gasteiger partial charge is 0.257 e. The number of carbonyl (C=O) groups excluding carboxylic acids is 1. The van der Waals surface area contributed by atoms with Gasteiger partial charge in [-0.1, -0.05) is 35.5 Å². The first-order valence-corrected chi connectivity index (χ1v) is 7.50. The first kappa shape index (κ1) is 15.1. The molecule has 3 aromatic rings. The zero-order valence-corrected chi connectivity index (χ0v) is 13.1. The number of furan rings is 1. The van der Waals surface area contributed by atoms with Gasteiger partial charge in [-0.25, -0.2) is 0 Å². The third kappa shape index (κ3) is 3.34. The van der Waals surface area contributed by atoms with Gasteiger partial charge < -0.3 is 14.3 Å². The molecule has 23 heavy (non-hydrogen) atoms. The van der Waals surface area contributed by atoms with E-state index in [1.165, 1.54) is 0 Å². The third-order valence-corrected chi connectivity index (χ3v) is 3.58. The van der Waals surface area contributed by atoms with E-state index in [1.54, 1.807) is 6.92 Å². The standard InChI is InChI=1S/C18H18N2O3/c1-12-8-9-15(22-12)10-11-19-18(21)16-13(2)20-23-17(16)14-6-4-3-5-7-14/h3-9H,10-11H2,1-2H3,(H,19,21). The molecule has 0 bridgehead atoms. The fourth-order valence-electron chi connectivity index (χ4n) is 2.43. The SMILES string of the molecule is Cc1ccc(CCNC(=O)c2c(C)noc2-c2ccccc2)o1. The number of carbonyl (C=O) groups is 1. The van der Waals surface area contributed by atoms with Gasteiger partial charge in [-0.2, -0.15) is 0 Å². The summed E-state index contributed by atoms with van der Waals surface area (Å²) in [6.07, 6.45) is 0.643. The van der Waals surface area contributed by atoms with E-state index in [9.17, 15) is 4.79 Å². The largest absolute Gasteiger partial charge is 0.466 e. The number of aryl methyl sites for hydroxylation is 2. The van der Waals surface area contributed by atoms with Crippen LogP contribution in [0.1, 0.15) is 27.6 Å². The van der Waals surface area contributed by atoms with Crippen LogP contribution in [-0.4, -0.2) is 17.6 Å². The number of amides is 1. The second-order valence-corrected chi connectivity index (χ2v) is 5.36. The van der Waals surface area contributed by atoms with Crippen LogP contribution in [0.5, 0.6) is 0 Å². The molecule has 0 aliphatic heterocycles. The quantitative estimate of drug-likeness (QED) is 0.783. The second-order valence-electron chi connectivity index (χ2n) is 5.36. The maximum atomic E-state index is 12.5. The van der Waals surface area contributed by atoms with Crippen molar-refractivity contribution in [2.75, 3.05) is 6.54 Å². The number of hydrogen-bond donors (Lipinski definition) is 1. The van der Waals surface area contributed by atoms with E-state index in [2.05, 4.69) is 10.5 Å². The number of nitrogens with zero attached hydrogens (tertiary/aromatic N) is 1. The molecule has 2 aromatic heterocycles. The van der Waals surface area contributed by atoms with Crippen molar-refractivity contribution in [3.8, 4) is 11.3 Å². The Morgan fingerprint density at radius 2 is 1.91 bits per heavy atom. The fraction of sp³-hybridized carbons (Fsp3) is 0.222. The summed E-state index contributed by atoms with van der Waals surface area (Å²) >= 11 is 0. The molecular weight excluding hydrogens is 292 g/mol. The van der Waals surface area contributed by atoms with Gasteiger partial charge >= 0.3 is 0 Å². The summed E-state index contributed by atoms with van der Waals surface area (Å²) in [7, 11) is 0. The van der Waals surface area contributed by atoms with E-state index in [0.717, 1.165) is 17.1 Å². The molecule has 118 valence electrons. The Morgan fingerprint density at radius 1 is 1.13 bits per heavy atom. The summed E-state index contributed by atoms with van der Waals surface area (Å²) < 4.78 is 10.8. The highest BCUT2D eigenvalue weighted by molar-refractivity contribution is 6.00. The molecule has 0 unspecified atom stereocenters. The molecule has 0 saturated carbocycles. The van der Waals surface area contributed by atoms with E-state index in [-0.39, 0.29) is 5.91 Å². The topological polar surface area (TPSA) is 68.3 Å². The van der Waals surface area contributed by atoms with Crippen LogP contribution in [0.2, 0.25) is 0 Å². The van der Waals surface area contributed by atoms with Crippen molar-refractivity contribution in [1.82, 2.24) is 10.5 Å². The van der Waals surface area contributed by atoms with E-state index >= 15 is 0 Å². The predicted molar refractivity (Wildman–Crippen MR) is 86.2 cm³/mol. The molecule has 0 atom stereocenters. The maximum absolute atomic E-state index is 12.5. The maximum Gasteiger partial charge on any atom is 0.257 e. The van der Waals surface area contributed by atoms with Crippen LogP contribution in [0.4, 0.5) is 0 Å². The number of benzene rings is 1. The highest BCUT2D eigenvalue weighted by Gasteiger charge is 2.21. The summed E-state index contributed by atoms with van der Waals surface area (Å²) in [6.45, 7) is 4.15. The molecule has 0 aliphatic rings. The molecule has 0 fully saturated rings. The van der Waals surface area contributed by atoms with Gasteiger partial charge in [0.2, 0.25) is 0 Å². The third-order valence-electron chi connectivity index (χ3n) is 3.58. The molecule has 3 rings (SSSR count). The van der Waals surface area contributed by atoms with Gasteiger partial charge in [0.25, 0.3) is 5.91 Å². The summed E-state index contributed by atoms with van der Waals surface area (Å²) in [4.78, 5) is 12.5. The minimum Gasteiger partial charge on any atom is -0.466 e. The van der Waals surface area contributed by atoms with E-state index in [1.807, 2.05) is 49.4 Å². The zero-order chi connectivity index (χ0) is 16.2. The Labute approximate surface area is 134 Å². The first-order valence-electron chi connectivity index (χ1n) is 7.50. The summed E-state index contributed by atoms with van der Waals surface area (Å²) in [5, 5.41) is 6.82. The van der Waals surface area contributed by atoms with Crippen LogP contribution >= 0.6 is 0 Å². The van der Waals surface area contributed by atoms with Crippen molar-refractivity contribution in [3.63, 3.8) is 0 Å². The van der Waals surface area contributed by atoms with Crippen LogP contribution < -0.4 is 5.32 Å². The van der Waals surface area contributed by atoms with Gasteiger partial charge in [0, 0.05) is 18.5 Å². The zero-order valence-electron chi connectivity index (χ0n) is 13.1. The fourth-order valence-corrected chi connectivity index (χ4v) is 2.43. The number of rotatable bonds is 5. The van der Waals surface area contributed by atoms with Crippen molar-refractivity contribution in [1.29, 1.82) is 0 Å². The molecule has 1 aromatic carbocycles. The minimum absolute atomic E-state index is 0.189. The van der Waals surface area contributed by atoms with Crippen LogP contribution in [0, 0.1) is 13.8 Å². The first-order chi connectivity index (χ1) is 11.1. The van der Waals surface area contributed by atoms with E-state index < -0.39 is 0 Å². The van der Waals surface area contributed by atoms with E-state index in [0.29, 0.717) is 30.0 Å². The van der Waals surface area contributed by atoms with Crippen molar-refractivity contribution in [2.45, 2.75) is 20.3 Å². The molecule has 1 amide bonds. The molecular formula is C18H18N2O3. The Balaban J connectivity index is 1.71. The highest BCUT2D eigenvalue weighted by Crippen LogP contribution is 2.25. The van der Waals surface area contributed by atoms with Gasteiger partial charge in [-0.15, -0.1) is 0 Å². The summed E-state index contributed by atoms with van der Waals surface area (Å²) in [5.74, 6) is 2.03. The van der Waals surface area contributed by atoms with Crippen molar-refractivity contribution < 1.29 is 13.7 Å². The lowest BCUT2D eigenvalue weighted by Crippen LogP contribution is -2.26. The van der Waals surface area contributed by atoms with E-state index in [4.69, 9.17) is 8.94 Å². The molecule has 2 heterocycles. The molecule has 0 aliphatic carbocycles. The van der Waals surface area contributed by atoms with Gasteiger partial charge in [0.05, 0.1) is 5.69 Å². The van der Waals surface area contributed by atoms with Crippen molar-refractivity contribution in [3.05, 3.63) is 65.2 Å². The molecule has 5 heteroatoms. The number of nitrogens with one attached hydrogen (secondary N) is 1. The highest BCUT2D eigenvalue weighted by atomic mass is 16.5. The van der Waals surface area contributed by atoms with Gasteiger partial charge in [0.1, 0.15) is 17.1 Å². The Hall–Kier alpha value is -2.82. The normalized spacial score (nSPS) is 10.7. The lowest BCUT2D eigenvalue weighted by molar-refractivity contribution is 0.0953. The van der Waals surface area contributed by atoms with Crippen molar-refractivity contribution >= 4 is 5.91 Å². The lowest BCUT2D eigenvalue weighted by Gasteiger charge is -2.05. The predicted octanol–water partition coefficient (Wildman–Crippen LogP) is 3.52. The Morgan fingerprint density at radius 3 is 2.61 bits per heavy atom. The van der Waals surface area contributed by atoms with Crippen molar-refractivity contribution in [2.24, 2.45) is 0 Å². The minimum atomic E-state index is -0.189. The molecule has 1 N–H and O–H groups in total. The molecule has 5 nitrogen and oxygen atoms in total. The number of aromatic nitrogens is 1. The average Bonchev–Trinajstić information content (AvgIpc) is 3.14. The van der Waals surface area contributed by atoms with Gasteiger partial charge in [-0.3, -0.25) is 4.79 Å². The van der Waals surface area contributed by atoms with Gasteiger partial charge in [-0.05, 0) is 26.0 Å². The summed E-state index contributed by atoms with van der Waals surface area (Å²) in [6, 6.07) is 13.3. The van der Waals surface area contributed by atoms with Crippen LogP contribution in [0.3, 0.4) is 0 Å². The monoisotopic (exact) mass is 310 g/mol. The Bertz CT molecular complexity index is 803. The molecule has 0 radical (unpaired) electrons. The van der Waals surface area contributed by atoms with Crippen LogP contribution in [0.25, 0.3) is 11.3 Å². The summed E-state index contributed by atoms with van der Waals surface area (Å²) in [5.41, 5.74) is 1.89. The average molecular weight is 310 g/mol. The molecule has 0 spiro atoms. The lowest BCUT2D eigenvalue weighted by atomic mass is 10.1. The van der Waals surface area contributed by atoms with Crippen LogP contribution in [0.15, 0.2) is 51.4 Å². The Kier molecular flexibility index (Phi) is 4.28. The molecule has 0 saturated heterocycles. The van der Waals surface area contributed by atoms with Crippen LogP contribution in [-0.2, 0) is 6.42 Å². The second kappa shape index (κ2) is 6.52. The number of hydrogen-bond acceptors (Lipinski definition) is 4. The van der Waals surface area contributed by atoms with Gasteiger partial charge in [0.15, 0.2) is 5.76 Å².